The van der Waals surface area contributed by atoms with E-state index < -0.39 is 5.97 Å². The summed E-state index contributed by atoms with van der Waals surface area (Å²) < 4.78 is 1.91. The molecule has 0 unspecified atom stereocenters. The summed E-state index contributed by atoms with van der Waals surface area (Å²) in [6, 6.07) is 2.13. The quantitative estimate of drug-likeness (QED) is 0.830. The molecule has 0 aromatic carbocycles. The third kappa shape index (κ3) is 1.76. The number of aromatic nitrogens is 2. The second-order valence-corrected chi connectivity index (χ2v) is 4.44. The van der Waals surface area contributed by atoms with Crippen molar-refractivity contribution >= 4 is 5.97 Å². The van der Waals surface area contributed by atoms with E-state index in [2.05, 4.69) is 18.9 Å². The Bertz CT molecular complexity index is 378. The van der Waals surface area contributed by atoms with Crippen LogP contribution in [0.5, 0.6) is 0 Å². The van der Waals surface area contributed by atoms with E-state index in [-0.39, 0.29) is 5.69 Å². The van der Waals surface area contributed by atoms with Crippen LogP contribution in [-0.2, 0) is 0 Å². The molecule has 2 rings (SSSR count). The van der Waals surface area contributed by atoms with Gasteiger partial charge in [0.1, 0.15) is 0 Å². The van der Waals surface area contributed by atoms with Crippen molar-refractivity contribution in [3.63, 3.8) is 0 Å². The molecular formula is C11H16N2O2. The first-order valence-electron chi connectivity index (χ1n) is 5.42. The second kappa shape index (κ2) is 3.68. The molecule has 4 heteroatoms. The summed E-state index contributed by atoms with van der Waals surface area (Å²) in [6.45, 7) is 4.13. The molecule has 0 amide bonds. The second-order valence-electron chi connectivity index (χ2n) is 4.44. The van der Waals surface area contributed by atoms with Crippen LogP contribution in [0, 0.1) is 0 Å². The monoisotopic (exact) mass is 208 g/mol. The van der Waals surface area contributed by atoms with E-state index in [0.717, 1.165) is 18.5 Å². The molecule has 0 aliphatic heterocycles. The minimum atomic E-state index is -0.935. The summed E-state index contributed by atoms with van der Waals surface area (Å²) in [4.78, 5) is 10.8. The first-order chi connectivity index (χ1) is 7.09. The Labute approximate surface area is 88.9 Å². The fraction of sp³-hybridized carbons (Fsp3) is 0.636. The Hall–Kier alpha value is -1.32. The number of hydrogen-bond acceptors (Lipinski definition) is 2. The predicted molar refractivity (Wildman–Crippen MR) is 56.2 cm³/mol. The third-order valence-electron chi connectivity index (χ3n) is 3.00. The highest BCUT2D eigenvalue weighted by molar-refractivity contribution is 5.85. The molecule has 1 fully saturated rings. The maximum Gasteiger partial charge on any atom is 0.356 e. The van der Waals surface area contributed by atoms with Gasteiger partial charge in [-0.05, 0) is 31.2 Å². The van der Waals surface area contributed by atoms with Crippen LogP contribution in [0.4, 0.5) is 0 Å². The summed E-state index contributed by atoms with van der Waals surface area (Å²) in [5.41, 5.74) is 1.21. The predicted octanol–water partition coefficient (Wildman–Crippen LogP) is 2.43. The highest BCUT2D eigenvalue weighted by atomic mass is 16.4. The van der Waals surface area contributed by atoms with Gasteiger partial charge in [-0.3, -0.25) is 4.68 Å². The van der Waals surface area contributed by atoms with Gasteiger partial charge in [0, 0.05) is 5.69 Å². The topological polar surface area (TPSA) is 55.1 Å². The summed E-state index contributed by atoms with van der Waals surface area (Å²) in [5.74, 6) is -0.610. The van der Waals surface area contributed by atoms with E-state index in [1.807, 2.05) is 4.68 Å². The van der Waals surface area contributed by atoms with Gasteiger partial charge in [0.2, 0.25) is 0 Å². The van der Waals surface area contributed by atoms with Gasteiger partial charge in [-0.1, -0.05) is 13.8 Å². The number of rotatable bonds is 3. The lowest BCUT2D eigenvalue weighted by Gasteiger charge is -2.28. The summed E-state index contributed by atoms with van der Waals surface area (Å²) in [6.07, 6.45) is 3.48. The number of nitrogens with zero attached hydrogens (tertiary/aromatic N) is 2. The molecular weight excluding hydrogens is 192 g/mol. The van der Waals surface area contributed by atoms with Crippen LogP contribution in [0.25, 0.3) is 0 Å². The molecule has 0 saturated heterocycles. The van der Waals surface area contributed by atoms with Crippen LogP contribution in [-0.4, -0.2) is 20.9 Å². The van der Waals surface area contributed by atoms with E-state index in [0.29, 0.717) is 12.0 Å². The fourth-order valence-electron chi connectivity index (χ4n) is 1.87. The summed E-state index contributed by atoms with van der Waals surface area (Å²) >= 11 is 0. The molecule has 1 aliphatic rings. The van der Waals surface area contributed by atoms with Gasteiger partial charge < -0.3 is 5.11 Å². The van der Waals surface area contributed by atoms with E-state index in [4.69, 9.17) is 5.11 Å². The molecule has 0 radical (unpaired) electrons. The van der Waals surface area contributed by atoms with Crippen molar-refractivity contribution < 1.29 is 9.90 Å². The van der Waals surface area contributed by atoms with Crippen LogP contribution in [0.1, 0.15) is 61.3 Å². The molecule has 1 N–H and O–H groups in total. The van der Waals surface area contributed by atoms with Gasteiger partial charge in [-0.2, -0.15) is 5.10 Å². The lowest BCUT2D eigenvalue weighted by Crippen LogP contribution is -2.21. The Morgan fingerprint density at radius 1 is 1.60 bits per heavy atom. The zero-order valence-corrected chi connectivity index (χ0v) is 9.10. The van der Waals surface area contributed by atoms with Gasteiger partial charge in [-0.15, -0.1) is 0 Å². The van der Waals surface area contributed by atoms with Gasteiger partial charge in [0.15, 0.2) is 5.69 Å². The number of aromatic carboxylic acids is 1. The average molecular weight is 208 g/mol. The molecule has 15 heavy (non-hydrogen) atoms. The SMILES string of the molecule is CC(C)c1cc(C(=O)O)nn1C1CCC1. The van der Waals surface area contributed by atoms with Crippen molar-refractivity contribution in [1.82, 2.24) is 9.78 Å². The van der Waals surface area contributed by atoms with Crippen molar-refractivity contribution in [3.05, 3.63) is 17.5 Å². The molecule has 82 valence electrons. The normalized spacial score (nSPS) is 16.7. The molecule has 0 atom stereocenters. The van der Waals surface area contributed by atoms with Gasteiger partial charge in [-0.25, -0.2) is 4.79 Å². The van der Waals surface area contributed by atoms with Crippen LogP contribution in [0.15, 0.2) is 6.07 Å². The molecule has 1 saturated carbocycles. The Balaban J connectivity index is 2.36. The first-order valence-corrected chi connectivity index (χ1v) is 5.42. The van der Waals surface area contributed by atoms with E-state index in [1.165, 1.54) is 6.42 Å². The Morgan fingerprint density at radius 3 is 2.67 bits per heavy atom. The standard InChI is InChI=1S/C11H16N2O2/c1-7(2)10-6-9(11(14)15)12-13(10)8-4-3-5-8/h6-8H,3-5H2,1-2H3,(H,14,15). The molecule has 0 spiro atoms. The van der Waals surface area contributed by atoms with Crippen molar-refractivity contribution in [1.29, 1.82) is 0 Å². The van der Waals surface area contributed by atoms with Gasteiger partial charge >= 0.3 is 5.97 Å². The van der Waals surface area contributed by atoms with Crippen LogP contribution in [0.3, 0.4) is 0 Å². The highest BCUT2D eigenvalue weighted by Gasteiger charge is 2.25. The van der Waals surface area contributed by atoms with E-state index in [9.17, 15) is 4.79 Å². The number of carboxylic acid groups (broad SMARTS) is 1. The van der Waals surface area contributed by atoms with E-state index in [1.54, 1.807) is 6.07 Å². The number of carboxylic acids is 1. The first kappa shape index (κ1) is 10.2. The smallest absolute Gasteiger partial charge is 0.356 e. The molecule has 0 bridgehead atoms. The van der Waals surface area contributed by atoms with Crippen molar-refractivity contribution in [3.8, 4) is 0 Å². The molecule has 1 aliphatic carbocycles. The third-order valence-corrected chi connectivity index (χ3v) is 3.00. The van der Waals surface area contributed by atoms with Gasteiger partial charge in [0.25, 0.3) is 0 Å². The summed E-state index contributed by atoms with van der Waals surface area (Å²) in [5, 5.41) is 13.1. The Kier molecular flexibility index (Phi) is 2.50. The lowest BCUT2D eigenvalue weighted by atomic mass is 9.92. The van der Waals surface area contributed by atoms with Gasteiger partial charge in [0.05, 0.1) is 6.04 Å². The maximum atomic E-state index is 10.8. The molecule has 4 nitrogen and oxygen atoms in total. The van der Waals surface area contributed by atoms with Crippen molar-refractivity contribution in [2.45, 2.75) is 45.1 Å². The zero-order valence-electron chi connectivity index (χ0n) is 9.10. The van der Waals surface area contributed by atoms with Crippen molar-refractivity contribution in [2.24, 2.45) is 0 Å². The van der Waals surface area contributed by atoms with Crippen LogP contribution >= 0.6 is 0 Å². The summed E-state index contributed by atoms with van der Waals surface area (Å²) in [7, 11) is 0. The fourth-order valence-corrected chi connectivity index (χ4v) is 1.87. The molecule has 1 aromatic heterocycles. The minimum absolute atomic E-state index is 0.172. The number of hydrogen-bond donors (Lipinski definition) is 1. The number of carbonyl (C=O) groups is 1. The largest absolute Gasteiger partial charge is 0.476 e. The van der Waals surface area contributed by atoms with Crippen molar-refractivity contribution in [2.75, 3.05) is 0 Å². The zero-order chi connectivity index (χ0) is 11.0. The Morgan fingerprint density at radius 2 is 2.27 bits per heavy atom. The minimum Gasteiger partial charge on any atom is -0.476 e. The van der Waals surface area contributed by atoms with Crippen LogP contribution in [0.2, 0.25) is 0 Å². The lowest BCUT2D eigenvalue weighted by molar-refractivity contribution is 0.0688. The molecule has 1 heterocycles. The van der Waals surface area contributed by atoms with Crippen LogP contribution < -0.4 is 0 Å². The maximum absolute atomic E-state index is 10.8. The highest BCUT2D eigenvalue weighted by Crippen LogP contribution is 2.34. The molecule has 1 aromatic rings. The average Bonchev–Trinajstić information content (AvgIpc) is 2.45. The van der Waals surface area contributed by atoms with E-state index >= 15 is 0 Å².